The van der Waals surface area contributed by atoms with Gasteiger partial charge in [0.25, 0.3) is 11.7 Å². The van der Waals surface area contributed by atoms with Crippen molar-refractivity contribution < 1.29 is 33.6 Å². The summed E-state index contributed by atoms with van der Waals surface area (Å²) in [5.74, 6) is -0.412. The van der Waals surface area contributed by atoms with Crippen molar-refractivity contribution in [3.05, 3.63) is 59.2 Å². The van der Waals surface area contributed by atoms with E-state index in [0.29, 0.717) is 35.0 Å². The summed E-state index contributed by atoms with van der Waals surface area (Å²) in [6.07, 6.45) is 0. The molecule has 0 saturated carbocycles. The number of Topliss-reactive ketones (excluding diaryl/α,β-unsaturated/α-hetero) is 1. The van der Waals surface area contributed by atoms with Gasteiger partial charge in [-0.25, -0.2) is 0 Å². The maximum atomic E-state index is 13.1. The van der Waals surface area contributed by atoms with Gasteiger partial charge >= 0.3 is 0 Å². The van der Waals surface area contributed by atoms with Crippen LogP contribution in [0.5, 0.6) is 17.2 Å². The second kappa shape index (κ2) is 10.2. The number of aliphatic hydroxyl groups excluding tert-OH is 1. The molecule has 1 saturated heterocycles. The van der Waals surface area contributed by atoms with Gasteiger partial charge in [-0.3, -0.25) is 9.59 Å². The lowest BCUT2D eigenvalue weighted by Crippen LogP contribution is -2.32. The van der Waals surface area contributed by atoms with Crippen molar-refractivity contribution in [3.8, 4) is 17.2 Å². The Morgan fingerprint density at radius 1 is 1.00 bits per heavy atom. The van der Waals surface area contributed by atoms with E-state index in [4.69, 9.17) is 18.9 Å². The molecule has 0 bridgehead atoms. The van der Waals surface area contributed by atoms with Crippen molar-refractivity contribution in [1.29, 1.82) is 0 Å². The number of para-hydroxylation sites is 1. The standard InChI is InChI=1S/C24H27NO7/c1-5-32-18-11-10-15(14-19(18)31-4)21-20(23(27)24(28)25(21)12-13-29-2)22(26)16-8-6-7-9-17(16)30-3/h6-11,14,21,26H,5,12-13H2,1-4H3/b22-20-. The normalized spacial score (nSPS) is 17.5. The topological polar surface area (TPSA) is 94.5 Å². The van der Waals surface area contributed by atoms with Crippen molar-refractivity contribution in [2.75, 3.05) is 41.1 Å². The van der Waals surface area contributed by atoms with Gasteiger partial charge in [0.2, 0.25) is 0 Å². The van der Waals surface area contributed by atoms with Crippen molar-refractivity contribution in [2.45, 2.75) is 13.0 Å². The fourth-order valence-corrected chi connectivity index (χ4v) is 3.76. The third-order valence-corrected chi connectivity index (χ3v) is 5.24. The van der Waals surface area contributed by atoms with E-state index < -0.39 is 17.7 Å². The molecule has 1 unspecified atom stereocenters. The lowest BCUT2D eigenvalue weighted by atomic mass is 9.94. The second-order valence-electron chi connectivity index (χ2n) is 7.03. The highest BCUT2D eigenvalue weighted by Gasteiger charge is 2.46. The van der Waals surface area contributed by atoms with Gasteiger partial charge in [-0.1, -0.05) is 18.2 Å². The Morgan fingerprint density at radius 2 is 1.72 bits per heavy atom. The number of rotatable bonds is 9. The second-order valence-corrected chi connectivity index (χ2v) is 7.03. The molecule has 0 aromatic heterocycles. The fourth-order valence-electron chi connectivity index (χ4n) is 3.76. The number of methoxy groups -OCH3 is 3. The first-order chi connectivity index (χ1) is 15.5. The average Bonchev–Trinajstić information content (AvgIpc) is 3.07. The number of benzene rings is 2. The van der Waals surface area contributed by atoms with Crippen LogP contribution in [0.3, 0.4) is 0 Å². The Labute approximate surface area is 187 Å². The Bertz CT molecular complexity index is 1030. The number of aliphatic hydroxyl groups is 1. The highest BCUT2D eigenvalue weighted by Crippen LogP contribution is 2.42. The SMILES string of the molecule is CCOc1ccc(C2/C(=C(/O)c3ccccc3OC)C(=O)C(=O)N2CCOC)cc1OC. The number of ketones is 1. The third-order valence-electron chi connectivity index (χ3n) is 5.24. The summed E-state index contributed by atoms with van der Waals surface area (Å²) in [5.41, 5.74) is 0.890. The van der Waals surface area contributed by atoms with E-state index >= 15 is 0 Å². The molecule has 1 atom stereocenters. The summed E-state index contributed by atoms with van der Waals surface area (Å²) in [5, 5.41) is 11.2. The number of carbonyl (C=O) groups is 2. The van der Waals surface area contributed by atoms with Crippen LogP contribution in [0, 0.1) is 0 Å². The van der Waals surface area contributed by atoms with E-state index in [0.717, 1.165) is 0 Å². The van der Waals surface area contributed by atoms with Crippen molar-refractivity contribution in [2.24, 2.45) is 0 Å². The molecule has 8 nitrogen and oxygen atoms in total. The zero-order chi connectivity index (χ0) is 23.3. The molecule has 0 spiro atoms. The lowest BCUT2D eigenvalue weighted by Gasteiger charge is -2.26. The molecule has 32 heavy (non-hydrogen) atoms. The van der Waals surface area contributed by atoms with Gasteiger partial charge in [0.05, 0.1) is 44.6 Å². The van der Waals surface area contributed by atoms with Crippen LogP contribution in [0.1, 0.15) is 24.1 Å². The first kappa shape index (κ1) is 23.1. The molecule has 1 amide bonds. The Kier molecular flexibility index (Phi) is 7.37. The number of hydrogen-bond donors (Lipinski definition) is 1. The molecule has 1 N–H and O–H groups in total. The minimum Gasteiger partial charge on any atom is -0.507 e. The average molecular weight is 441 g/mol. The molecule has 1 aliphatic rings. The first-order valence-corrected chi connectivity index (χ1v) is 10.2. The van der Waals surface area contributed by atoms with Gasteiger partial charge in [0.15, 0.2) is 11.5 Å². The van der Waals surface area contributed by atoms with E-state index in [2.05, 4.69) is 0 Å². The zero-order valence-electron chi connectivity index (χ0n) is 18.6. The predicted octanol–water partition coefficient (Wildman–Crippen LogP) is 3.17. The number of amides is 1. The van der Waals surface area contributed by atoms with Crippen LogP contribution in [0.15, 0.2) is 48.0 Å². The van der Waals surface area contributed by atoms with Gasteiger partial charge in [-0.15, -0.1) is 0 Å². The number of nitrogens with zero attached hydrogens (tertiary/aromatic N) is 1. The number of carbonyl (C=O) groups excluding carboxylic acids is 2. The summed E-state index contributed by atoms with van der Waals surface area (Å²) in [6.45, 7) is 2.71. The van der Waals surface area contributed by atoms with Crippen LogP contribution >= 0.6 is 0 Å². The van der Waals surface area contributed by atoms with E-state index in [9.17, 15) is 14.7 Å². The van der Waals surface area contributed by atoms with Gasteiger partial charge in [-0.2, -0.15) is 0 Å². The molecule has 3 rings (SSSR count). The molecule has 1 fully saturated rings. The number of hydrogen-bond acceptors (Lipinski definition) is 7. The summed E-state index contributed by atoms with van der Waals surface area (Å²) < 4.78 is 21.5. The molecule has 0 radical (unpaired) electrons. The first-order valence-electron chi connectivity index (χ1n) is 10.2. The molecular weight excluding hydrogens is 414 g/mol. The van der Waals surface area contributed by atoms with Gasteiger partial charge in [-0.05, 0) is 36.8 Å². The monoisotopic (exact) mass is 441 g/mol. The van der Waals surface area contributed by atoms with Gasteiger partial charge in [0.1, 0.15) is 11.5 Å². The van der Waals surface area contributed by atoms with Crippen molar-refractivity contribution in [3.63, 3.8) is 0 Å². The molecule has 8 heteroatoms. The van der Waals surface area contributed by atoms with E-state index in [1.54, 1.807) is 42.5 Å². The zero-order valence-corrected chi connectivity index (χ0v) is 18.6. The fraction of sp³-hybridized carbons (Fsp3) is 0.333. The molecule has 2 aromatic carbocycles. The van der Waals surface area contributed by atoms with Crippen LogP contribution in [-0.4, -0.2) is 62.8 Å². The van der Waals surface area contributed by atoms with Crippen LogP contribution in [0.4, 0.5) is 0 Å². The van der Waals surface area contributed by atoms with E-state index in [1.165, 1.54) is 26.2 Å². The summed E-state index contributed by atoms with van der Waals surface area (Å²) >= 11 is 0. The molecule has 0 aliphatic carbocycles. The van der Waals surface area contributed by atoms with Crippen molar-refractivity contribution >= 4 is 17.4 Å². The highest BCUT2D eigenvalue weighted by molar-refractivity contribution is 6.46. The maximum Gasteiger partial charge on any atom is 0.295 e. The largest absolute Gasteiger partial charge is 0.507 e. The lowest BCUT2D eigenvalue weighted by molar-refractivity contribution is -0.140. The molecule has 170 valence electrons. The Balaban J connectivity index is 2.21. The number of ether oxygens (including phenoxy) is 4. The Hall–Kier alpha value is -3.52. The Morgan fingerprint density at radius 3 is 2.38 bits per heavy atom. The van der Waals surface area contributed by atoms with Crippen LogP contribution in [-0.2, 0) is 14.3 Å². The van der Waals surface area contributed by atoms with Crippen molar-refractivity contribution in [1.82, 2.24) is 4.90 Å². The summed E-state index contributed by atoms with van der Waals surface area (Å²) in [4.78, 5) is 27.4. The smallest absolute Gasteiger partial charge is 0.295 e. The third kappa shape index (κ3) is 4.27. The quantitative estimate of drug-likeness (QED) is 0.363. The molecule has 1 heterocycles. The molecule has 1 aliphatic heterocycles. The minimum absolute atomic E-state index is 0.0261. The van der Waals surface area contributed by atoms with Crippen LogP contribution in [0.2, 0.25) is 0 Å². The summed E-state index contributed by atoms with van der Waals surface area (Å²) in [6, 6.07) is 11.1. The maximum absolute atomic E-state index is 13.1. The van der Waals surface area contributed by atoms with Gasteiger partial charge < -0.3 is 29.0 Å². The molecule has 2 aromatic rings. The predicted molar refractivity (Wildman–Crippen MR) is 118 cm³/mol. The van der Waals surface area contributed by atoms with E-state index in [-0.39, 0.29) is 24.5 Å². The summed E-state index contributed by atoms with van der Waals surface area (Å²) in [7, 11) is 4.50. The highest BCUT2D eigenvalue weighted by atomic mass is 16.5. The van der Waals surface area contributed by atoms with Gasteiger partial charge in [0, 0.05) is 13.7 Å². The van der Waals surface area contributed by atoms with Crippen LogP contribution in [0.25, 0.3) is 5.76 Å². The number of likely N-dealkylation sites (tertiary alicyclic amines) is 1. The minimum atomic E-state index is -0.834. The van der Waals surface area contributed by atoms with Crippen LogP contribution < -0.4 is 14.2 Å². The van der Waals surface area contributed by atoms with E-state index in [1.807, 2.05) is 6.92 Å². The molecular formula is C24H27NO7.